The second kappa shape index (κ2) is 7.29. The third-order valence-corrected chi connectivity index (χ3v) is 3.26. The maximum absolute atomic E-state index is 11.8. The Balaban J connectivity index is 2.81. The monoisotopic (exact) mass is 296 g/mol. The summed E-state index contributed by atoms with van der Waals surface area (Å²) in [5.74, 6) is 0.00811. The molecule has 0 heterocycles. The number of hydrogen-bond acceptors (Lipinski definition) is 2. The highest BCUT2D eigenvalue weighted by molar-refractivity contribution is 6.31. The van der Waals surface area contributed by atoms with Gasteiger partial charge in [-0.3, -0.25) is 9.59 Å². The molecule has 1 aromatic carbocycles. The molecule has 20 heavy (non-hydrogen) atoms. The molecule has 0 spiro atoms. The average molecular weight is 297 g/mol. The molecule has 0 aliphatic rings. The van der Waals surface area contributed by atoms with E-state index < -0.39 is 0 Å². The van der Waals surface area contributed by atoms with Gasteiger partial charge in [0.15, 0.2) is 0 Å². The van der Waals surface area contributed by atoms with Gasteiger partial charge in [0.25, 0.3) is 0 Å². The van der Waals surface area contributed by atoms with Gasteiger partial charge in [-0.15, -0.1) is 0 Å². The summed E-state index contributed by atoms with van der Waals surface area (Å²) >= 11 is 6.06. The predicted octanol–water partition coefficient (Wildman–Crippen LogP) is 2.77. The number of aryl methyl sites for hydroxylation is 1. The van der Waals surface area contributed by atoms with Gasteiger partial charge in [0.05, 0.1) is 0 Å². The summed E-state index contributed by atoms with van der Waals surface area (Å²) < 4.78 is 0. The Morgan fingerprint density at radius 2 is 2.00 bits per heavy atom. The maximum atomic E-state index is 11.8. The summed E-state index contributed by atoms with van der Waals surface area (Å²) in [5, 5.41) is 3.38. The standard InChI is InChI=1S/C15H21ClN2O2/c1-10(2)8-17-15(20)9-18(12(4)19)13-6-5-11(3)14(16)7-13/h5-7,10H,8-9H2,1-4H3,(H,17,20). The molecule has 0 aliphatic heterocycles. The Labute approximate surface area is 125 Å². The molecule has 0 fully saturated rings. The van der Waals surface area contributed by atoms with E-state index in [4.69, 9.17) is 11.6 Å². The minimum atomic E-state index is -0.190. The van der Waals surface area contributed by atoms with Crippen LogP contribution in [0.2, 0.25) is 5.02 Å². The molecular weight excluding hydrogens is 276 g/mol. The van der Waals surface area contributed by atoms with Crippen molar-refractivity contribution in [2.24, 2.45) is 5.92 Å². The van der Waals surface area contributed by atoms with Crippen molar-refractivity contribution in [1.82, 2.24) is 5.32 Å². The van der Waals surface area contributed by atoms with Crippen LogP contribution in [0, 0.1) is 12.8 Å². The number of nitrogens with zero attached hydrogens (tertiary/aromatic N) is 1. The number of benzene rings is 1. The van der Waals surface area contributed by atoms with Crippen molar-refractivity contribution < 1.29 is 9.59 Å². The maximum Gasteiger partial charge on any atom is 0.240 e. The van der Waals surface area contributed by atoms with Gasteiger partial charge in [-0.2, -0.15) is 0 Å². The quantitative estimate of drug-likeness (QED) is 0.908. The van der Waals surface area contributed by atoms with E-state index in [2.05, 4.69) is 5.32 Å². The zero-order valence-electron chi connectivity index (χ0n) is 12.4. The van der Waals surface area contributed by atoms with Crippen LogP contribution in [0.4, 0.5) is 5.69 Å². The van der Waals surface area contributed by atoms with Crippen molar-refractivity contribution in [2.45, 2.75) is 27.7 Å². The van der Waals surface area contributed by atoms with Crippen LogP contribution < -0.4 is 10.2 Å². The Hall–Kier alpha value is -1.55. The van der Waals surface area contributed by atoms with Gasteiger partial charge in [0.1, 0.15) is 6.54 Å². The molecule has 1 rings (SSSR count). The molecule has 110 valence electrons. The van der Waals surface area contributed by atoms with Gasteiger partial charge < -0.3 is 10.2 Å². The zero-order valence-corrected chi connectivity index (χ0v) is 13.1. The molecule has 0 aliphatic carbocycles. The number of hydrogen-bond donors (Lipinski definition) is 1. The van der Waals surface area contributed by atoms with Crippen molar-refractivity contribution in [2.75, 3.05) is 18.0 Å². The van der Waals surface area contributed by atoms with Crippen molar-refractivity contribution >= 4 is 29.1 Å². The third kappa shape index (κ3) is 4.85. The summed E-state index contributed by atoms with van der Waals surface area (Å²) in [4.78, 5) is 25.0. The number of rotatable bonds is 5. The molecule has 1 aromatic rings. The smallest absolute Gasteiger partial charge is 0.240 e. The Bertz CT molecular complexity index is 501. The van der Waals surface area contributed by atoms with Crippen molar-refractivity contribution in [3.63, 3.8) is 0 Å². The highest BCUT2D eigenvalue weighted by Gasteiger charge is 2.16. The second-order valence-corrected chi connectivity index (χ2v) is 5.64. The highest BCUT2D eigenvalue weighted by Crippen LogP contribution is 2.23. The highest BCUT2D eigenvalue weighted by atomic mass is 35.5. The molecule has 0 radical (unpaired) electrons. The molecule has 0 aromatic heterocycles. The van der Waals surface area contributed by atoms with Crippen molar-refractivity contribution in [3.8, 4) is 0 Å². The van der Waals surface area contributed by atoms with E-state index in [-0.39, 0.29) is 18.4 Å². The van der Waals surface area contributed by atoms with E-state index in [9.17, 15) is 9.59 Å². The second-order valence-electron chi connectivity index (χ2n) is 5.24. The van der Waals surface area contributed by atoms with Crippen molar-refractivity contribution in [3.05, 3.63) is 28.8 Å². The summed E-state index contributed by atoms with van der Waals surface area (Å²) in [7, 11) is 0. The van der Waals surface area contributed by atoms with Gasteiger partial charge in [0.2, 0.25) is 11.8 Å². The summed E-state index contributed by atoms with van der Waals surface area (Å²) in [5.41, 5.74) is 1.57. The third-order valence-electron chi connectivity index (χ3n) is 2.86. The molecule has 2 amide bonds. The molecule has 0 atom stereocenters. The lowest BCUT2D eigenvalue weighted by atomic mass is 10.2. The van der Waals surface area contributed by atoms with Crippen LogP contribution in [0.15, 0.2) is 18.2 Å². The first-order valence-corrected chi connectivity index (χ1v) is 7.00. The predicted molar refractivity (Wildman–Crippen MR) is 82.1 cm³/mol. The fraction of sp³-hybridized carbons (Fsp3) is 0.467. The molecule has 0 saturated carbocycles. The lowest BCUT2D eigenvalue weighted by Crippen LogP contribution is -2.40. The first-order valence-electron chi connectivity index (χ1n) is 6.62. The van der Waals surface area contributed by atoms with Gasteiger partial charge in [0, 0.05) is 24.2 Å². The SMILES string of the molecule is CC(=O)N(CC(=O)NCC(C)C)c1ccc(C)c(Cl)c1. The molecule has 5 heteroatoms. The first-order chi connectivity index (χ1) is 9.31. The molecular formula is C15H21ClN2O2. The first kappa shape index (κ1) is 16.5. The van der Waals surface area contributed by atoms with E-state index in [1.54, 1.807) is 12.1 Å². The van der Waals surface area contributed by atoms with Crippen LogP contribution in [0.3, 0.4) is 0 Å². The van der Waals surface area contributed by atoms with Crippen LogP contribution in [-0.4, -0.2) is 24.9 Å². The average Bonchev–Trinajstić information content (AvgIpc) is 2.36. The molecule has 4 nitrogen and oxygen atoms in total. The number of nitrogens with one attached hydrogen (secondary N) is 1. The molecule has 1 N–H and O–H groups in total. The number of carbonyl (C=O) groups is 2. The van der Waals surface area contributed by atoms with Crippen LogP contribution in [0.1, 0.15) is 26.3 Å². The van der Waals surface area contributed by atoms with E-state index in [0.29, 0.717) is 23.2 Å². The molecule has 0 unspecified atom stereocenters. The number of halogens is 1. The Morgan fingerprint density at radius 3 is 2.50 bits per heavy atom. The van der Waals surface area contributed by atoms with E-state index in [1.165, 1.54) is 11.8 Å². The normalized spacial score (nSPS) is 10.5. The fourth-order valence-corrected chi connectivity index (χ4v) is 1.83. The Kier molecular flexibility index (Phi) is 6.02. The minimum Gasteiger partial charge on any atom is -0.354 e. The lowest BCUT2D eigenvalue weighted by Gasteiger charge is -2.21. The fourth-order valence-electron chi connectivity index (χ4n) is 1.65. The van der Waals surface area contributed by atoms with E-state index in [1.807, 2.05) is 26.8 Å². The van der Waals surface area contributed by atoms with Crippen LogP contribution in [-0.2, 0) is 9.59 Å². The molecule has 0 saturated heterocycles. The van der Waals surface area contributed by atoms with Gasteiger partial charge in [-0.1, -0.05) is 31.5 Å². The van der Waals surface area contributed by atoms with Crippen molar-refractivity contribution in [1.29, 1.82) is 0 Å². The summed E-state index contributed by atoms with van der Waals surface area (Å²) in [6.45, 7) is 7.95. The zero-order chi connectivity index (χ0) is 15.3. The van der Waals surface area contributed by atoms with Gasteiger partial charge >= 0.3 is 0 Å². The summed E-state index contributed by atoms with van der Waals surface area (Å²) in [6, 6.07) is 5.33. The molecule has 0 bridgehead atoms. The van der Waals surface area contributed by atoms with Gasteiger partial charge in [-0.25, -0.2) is 0 Å². The lowest BCUT2D eigenvalue weighted by molar-refractivity contribution is -0.123. The largest absolute Gasteiger partial charge is 0.354 e. The summed E-state index contributed by atoms with van der Waals surface area (Å²) in [6.07, 6.45) is 0. The number of anilines is 1. The topological polar surface area (TPSA) is 49.4 Å². The van der Waals surface area contributed by atoms with Crippen LogP contribution in [0.5, 0.6) is 0 Å². The minimum absolute atomic E-state index is 0.00143. The van der Waals surface area contributed by atoms with E-state index >= 15 is 0 Å². The van der Waals surface area contributed by atoms with Crippen LogP contribution >= 0.6 is 11.6 Å². The van der Waals surface area contributed by atoms with E-state index in [0.717, 1.165) is 5.56 Å². The van der Waals surface area contributed by atoms with Gasteiger partial charge in [-0.05, 0) is 30.5 Å². The Morgan fingerprint density at radius 1 is 1.35 bits per heavy atom. The van der Waals surface area contributed by atoms with Crippen LogP contribution in [0.25, 0.3) is 0 Å². The number of amides is 2. The number of carbonyl (C=O) groups excluding carboxylic acids is 2.